The number of aromatic nitrogens is 3. The van der Waals surface area contributed by atoms with Gasteiger partial charge in [0.15, 0.2) is 0 Å². The molecule has 2 aromatic carbocycles. The summed E-state index contributed by atoms with van der Waals surface area (Å²) in [6.45, 7) is 2.01. The maximum atomic E-state index is 14.2. The van der Waals surface area contributed by atoms with Crippen LogP contribution in [0.3, 0.4) is 0 Å². The monoisotopic (exact) mass is 460 g/mol. The lowest BCUT2D eigenvalue weighted by Gasteiger charge is -2.03. The summed E-state index contributed by atoms with van der Waals surface area (Å²) >= 11 is 1.24. The number of anilines is 1. The molecule has 0 bridgehead atoms. The SMILES string of the molecule is Cc1ccccc1-c1cc(NC(=O)c2cc3cc(-c4ccc(F)cc4F)cnc3s2)n(C)n1. The molecule has 33 heavy (non-hydrogen) atoms. The Morgan fingerprint density at radius 2 is 1.85 bits per heavy atom. The number of thiophene rings is 1. The van der Waals surface area contributed by atoms with Crippen molar-refractivity contribution < 1.29 is 13.6 Å². The van der Waals surface area contributed by atoms with Crippen LogP contribution in [0.15, 0.2) is 66.9 Å². The quantitative estimate of drug-likeness (QED) is 0.347. The van der Waals surface area contributed by atoms with Crippen LogP contribution in [-0.2, 0) is 7.05 Å². The molecule has 0 atom stereocenters. The van der Waals surface area contributed by atoms with E-state index in [0.717, 1.165) is 22.9 Å². The average molecular weight is 461 g/mol. The minimum atomic E-state index is -0.662. The molecule has 0 saturated heterocycles. The van der Waals surface area contributed by atoms with Crippen molar-refractivity contribution in [2.75, 3.05) is 5.32 Å². The third-order valence-corrected chi connectivity index (χ3v) is 6.44. The number of pyridine rings is 1. The fourth-order valence-electron chi connectivity index (χ4n) is 3.67. The summed E-state index contributed by atoms with van der Waals surface area (Å²) in [5, 5.41) is 8.13. The third-order valence-electron chi connectivity index (χ3n) is 5.38. The zero-order valence-electron chi connectivity index (χ0n) is 17.8. The van der Waals surface area contributed by atoms with E-state index in [4.69, 9.17) is 0 Å². The molecule has 164 valence electrons. The van der Waals surface area contributed by atoms with E-state index in [1.54, 1.807) is 23.9 Å². The van der Waals surface area contributed by atoms with Crippen LogP contribution in [0.1, 0.15) is 15.2 Å². The Hall–Kier alpha value is -3.91. The topological polar surface area (TPSA) is 59.8 Å². The van der Waals surface area contributed by atoms with Crippen LogP contribution in [0, 0.1) is 18.6 Å². The maximum Gasteiger partial charge on any atom is 0.266 e. The van der Waals surface area contributed by atoms with Crippen molar-refractivity contribution in [2.24, 2.45) is 7.05 Å². The van der Waals surface area contributed by atoms with Gasteiger partial charge in [0, 0.05) is 47.5 Å². The second-order valence-electron chi connectivity index (χ2n) is 7.66. The van der Waals surface area contributed by atoms with Crippen molar-refractivity contribution >= 4 is 33.3 Å². The molecule has 0 spiro atoms. The van der Waals surface area contributed by atoms with E-state index in [1.807, 2.05) is 37.3 Å². The average Bonchev–Trinajstić information content (AvgIpc) is 3.37. The molecule has 3 aromatic heterocycles. The predicted molar refractivity (Wildman–Crippen MR) is 126 cm³/mol. The molecule has 5 rings (SSSR count). The summed E-state index contributed by atoms with van der Waals surface area (Å²) in [5.41, 5.74) is 3.63. The zero-order chi connectivity index (χ0) is 23.1. The summed E-state index contributed by atoms with van der Waals surface area (Å²) in [6, 6.07) is 16.6. The van der Waals surface area contributed by atoms with Gasteiger partial charge in [-0.15, -0.1) is 11.3 Å². The number of amides is 1. The van der Waals surface area contributed by atoms with Crippen LogP contribution in [0.4, 0.5) is 14.6 Å². The number of aryl methyl sites for hydroxylation is 2. The van der Waals surface area contributed by atoms with Crippen molar-refractivity contribution in [3.8, 4) is 22.4 Å². The molecule has 0 saturated carbocycles. The van der Waals surface area contributed by atoms with E-state index in [-0.39, 0.29) is 11.5 Å². The number of rotatable bonds is 4. The number of carbonyl (C=O) groups excluding carboxylic acids is 1. The van der Waals surface area contributed by atoms with Crippen molar-refractivity contribution in [3.05, 3.63) is 88.9 Å². The highest BCUT2D eigenvalue weighted by Gasteiger charge is 2.16. The van der Waals surface area contributed by atoms with Gasteiger partial charge in [0.1, 0.15) is 22.3 Å². The van der Waals surface area contributed by atoms with Gasteiger partial charge < -0.3 is 5.32 Å². The standard InChI is InChI=1S/C25H18F2N4OS/c1-14-5-3-4-6-18(14)21-12-23(31(2)30-21)29-24(32)22-10-15-9-16(13-28-25(15)33-22)19-8-7-17(26)11-20(19)27/h3-13H,1-2H3,(H,29,32). The first-order valence-corrected chi connectivity index (χ1v) is 11.0. The lowest BCUT2D eigenvalue weighted by Crippen LogP contribution is -2.13. The van der Waals surface area contributed by atoms with E-state index in [9.17, 15) is 13.6 Å². The first-order chi connectivity index (χ1) is 15.9. The van der Waals surface area contributed by atoms with Crippen molar-refractivity contribution in [3.63, 3.8) is 0 Å². The molecular weight excluding hydrogens is 442 g/mol. The number of fused-ring (bicyclic) bond motifs is 1. The number of benzene rings is 2. The van der Waals surface area contributed by atoms with Gasteiger partial charge in [-0.05, 0) is 36.8 Å². The molecule has 0 fully saturated rings. The predicted octanol–water partition coefficient (Wildman–Crippen LogP) is 6.20. The van der Waals surface area contributed by atoms with Crippen LogP contribution in [0.2, 0.25) is 0 Å². The van der Waals surface area contributed by atoms with Crippen LogP contribution >= 0.6 is 11.3 Å². The molecule has 0 aliphatic heterocycles. The summed E-state index contributed by atoms with van der Waals surface area (Å²) < 4.78 is 29.0. The molecule has 0 unspecified atom stereocenters. The minimum Gasteiger partial charge on any atom is -0.306 e. The lowest BCUT2D eigenvalue weighted by molar-refractivity contribution is 0.102. The lowest BCUT2D eigenvalue weighted by atomic mass is 10.1. The van der Waals surface area contributed by atoms with Gasteiger partial charge in [0.05, 0.1) is 10.6 Å². The van der Waals surface area contributed by atoms with Crippen molar-refractivity contribution in [1.29, 1.82) is 0 Å². The molecule has 0 radical (unpaired) electrons. The third kappa shape index (κ3) is 4.01. The Morgan fingerprint density at radius 1 is 1.03 bits per heavy atom. The van der Waals surface area contributed by atoms with Gasteiger partial charge in [-0.1, -0.05) is 24.3 Å². The normalized spacial score (nSPS) is 11.2. The molecule has 3 heterocycles. The van der Waals surface area contributed by atoms with Gasteiger partial charge in [-0.2, -0.15) is 5.10 Å². The fraction of sp³-hybridized carbons (Fsp3) is 0.0800. The Morgan fingerprint density at radius 3 is 2.64 bits per heavy atom. The van der Waals surface area contributed by atoms with E-state index >= 15 is 0 Å². The van der Waals surface area contributed by atoms with E-state index in [1.165, 1.54) is 29.7 Å². The number of hydrogen-bond donors (Lipinski definition) is 1. The molecule has 0 aliphatic carbocycles. The summed E-state index contributed by atoms with van der Waals surface area (Å²) in [7, 11) is 1.77. The van der Waals surface area contributed by atoms with Crippen molar-refractivity contribution in [2.45, 2.75) is 6.92 Å². The second-order valence-corrected chi connectivity index (χ2v) is 8.69. The minimum absolute atomic E-state index is 0.252. The van der Waals surface area contributed by atoms with E-state index in [2.05, 4.69) is 15.4 Å². The van der Waals surface area contributed by atoms with E-state index in [0.29, 0.717) is 26.5 Å². The Bertz CT molecular complexity index is 1520. The number of nitrogens with one attached hydrogen (secondary N) is 1. The number of halogens is 2. The van der Waals surface area contributed by atoms with Crippen LogP contribution in [-0.4, -0.2) is 20.7 Å². The maximum absolute atomic E-state index is 14.2. The zero-order valence-corrected chi connectivity index (χ0v) is 18.6. The summed E-state index contributed by atoms with van der Waals surface area (Å²) in [6.07, 6.45) is 1.52. The van der Waals surface area contributed by atoms with Gasteiger partial charge in [-0.25, -0.2) is 13.8 Å². The van der Waals surface area contributed by atoms with Crippen LogP contribution in [0.25, 0.3) is 32.6 Å². The Balaban J connectivity index is 1.42. The second kappa shape index (κ2) is 8.22. The first kappa shape index (κ1) is 21.0. The summed E-state index contributed by atoms with van der Waals surface area (Å²) in [5.74, 6) is -1.02. The summed E-state index contributed by atoms with van der Waals surface area (Å²) in [4.78, 5) is 18.4. The smallest absolute Gasteiger partial charge is 0.266 e. The molecule has 5 aromatic rings. The van der Waals surface area contributed by atoms with Crippen LogP contribution < -0.4 is 5.32 Å². The first-order valence-electron chi connectivity index (χ1n) is 10.2. The Labute approximate surface area is 192 Å². The molecule has 1 amide bonds. The van der Waals surface area contributed by atoms with Gasteiger partial charge >= 0.3 is 0 Å². The highest BCUT2D eigenvalue weighted by atomic mass is 32.1. The number of hydrogen-bond acceptors (Lipinski definition) is 4. The molecule has 1 N–H and O–H groups in total. The molecule has 0 aliphatic rings. The van der Waals surface area contributed by atoms with Gasteiger partial charge in [0.25, 0.3) is 5.91 Å². The number of nitrogens with zero attached hydrogens (tertiary/aromatic N) is 3. The van der Waals surface area contributed by atoms with Gasteiger partial charge in [0.2, 0.25) is 0 Å². The highest BCUT2D eigenvalue weighted by Crippen LogP contribution is 2.31. The Kier molecular flexibility index (Phi) is 5.22. The highest BCUT2D eigenvalue weighted by molar-refractivity contribution is 7.20. The largest absolute Gasteiger partial charge is 0.306 e. The van der Waals surface area contributed by atoms with E-state index < -0.39 is 11.6 Å². The molecular formula is C25H18F2N4OS. The molecule has 8 heteroatoms. The van der Waals surface area contributed by atoms with Crippen LogP contribution in [0.5, 0.6) is 0 Å². The fourth-order valence-corrected chi connectivity index (χ4v) is 4.55. The van der Waals surface area contributed by atoms with Gasteiger partial charge in [-0.3, -0.25) is 9.48 Å². The molecule has 5 nitrogen and oxygen atoms in total. The number of carbonyl (C=O) groups is 1. The van der Waals surface area contributed by atoms with Crippen molar-refractivity contribution in [1.82, 2.24) is 14.8 Å².